The van der Waals surface area contributed by atoms with Crippen LogP contribution >= 0.6 is 0 Å². The van der Waals surface area contributed by atoms with E-state index in [2.05, 4.69) is 21.0 Å². The fourth-order valence-electron chi connectivity index (χ4n) is 4.50. The molecule has 7 nitrogen and oxygen atoms in total. The molecule has 0 N–H and O–H groups in total. The Morgan fingerprint density at radius 2 is 1.74 bits per heavy atom. The molecule has 0 unspecified atom stereocenters. The Hall–Kier alpha value is -3.81. The number of fused-ring (bicyclic) bond motifs is 2. The number of aromatic nitrogens is 3. The monoisotopic (exact) mass is 473 g/mol. The number of ether oxygens (including phenoxy) is 1. The molecule has 1 fully saturated rings. The predicted molar refractivity (Wildman–Crippen MR) is 135 cm³/mol. The van der Waals surface area contributed by atoms with E-state index >= 15 is 4.39 Å². The number of benzene rings is 2. The van der Waals surface area contributed by atoms with Crippen molar-refractivity contribution >= 4 is 33.6 Å². The number of nitrogens with zero attached hydrogens (tertiary/aromatic N) is 5. The van der Waals surface area contributed by atoms with Crippen molar-refractivity contribution in [3.63, 3.8) is 0 Å². The summed E-state index contributed by atoms with van der Waals surface area (Å²) in [6, 6.07) is 11.9. The average molecular weight is 474 g/mol. The molecule has 0 atom stereocenters. The molecular weight excluding hydrogens is 445 g/mol. The fraction of sp³-hybridized carbons (Fsp3) is 0.333. The van der Waals surface area contributed by atoms with Crippen molar-refractivity contribution < 1.29 is 13.9 Å². The highest BCUT2D eigenvalue weighted by Crippen LogP contribution is 2.34. The molecule has 5 rings (SSSR count). The Morgan fingerprint density at radius 1 is 1.00 bits per heavy atom. The number of pyridine rings is 1. The Labute approximate surface area is 203 Å². The van der Waals surface area contributed by atoms with Crippen LogP contribution in [0.1, 0.15) is 26.3 Å². The highest BCUT2D eigenvalue weighted by atomic mass is 19.1. The average Bonchev–Trinajstić information content (AvgIpc) is 2.83. The molecule has 1 amide bonds. The van der Waals surface area contributed by atoms with Crippen molar-refractivity contribution in [1.82, 2.24) is 19.9 Å². The molecule has 3 heterocycles. The Kier molecular flexibility index (Phi) is 5.75. The van der Waals surface area contributed by atoms with Crippen LogP contribution in [0.4, 0.5) is 15.0 Å². The van der Waals surface area contributed by atoms with Gasteiger partial charge in [-0.25, -0.2) is 19.2 Å². The normalized spacial score (nSPS) is 14.5. The van der Waals surface area contributed by atoms with Crippen LogP contribution in [0.25, 0.3) is 32.9 Å². The molecule has 180 valence electrons. The topological polar surface area (TPSA) is 71.5 Å². The summed E-state index contributed by atoms with van der Waals surface area (Å²) in [5.41, 5.74) is 1.75. The number of amides is 1. The lowest BCUT2D eigenvalue weighted by Crippen LogP contribution is -2.50. The van der Waals surface area contributed by atoms with E-state index in [1.165, 1.54) is 6.33 Å². The number of carbonyl (C=O) groups excluding carboxylic acids is 1. The number of rotatable bonds is 2. The van der Waals surface area contributed by atoms with Gasteiger partial charge in [-0.05, 0) is 50.1 Å². The molecule has 1 saturated heterocycles. The Bertz CT molecular complexity index is 1420. The number of hydrogen-bond donors (Lipinski definition) is 0. The minimum Gasteiger partial charge on any atom is -0.444 e. The molecule has 1 aliphatic rings. The second-order valence-electron chi connectivity index (χ2n) is 9.87. The van der Waals surface area contributed by atoms with Crippen molar-refractivity contribution in [3.8, 4) is 11.3 Å². The van der Waals surface area contributed by atoms with Crippen LogP contribution in [0.5, 0.6) is 0 Å². The molecule has 0 radical (unpaired) electrons. The van der Waals surface area contributed by atoms with Gasteiger partial charge < -0.3 is 14.5 Å². The van der Waals surface area contributed by atoms with Gasteiger partial charge >= 0.3 is 6.09 Å². The minimum atomic E-state index is -0.541. The van der Waals surface area contributed by atoms with Gasteiger partial charge in [0.15, 0.2) is 5.82 Å². The van der Waals surface area contributed by atoms with Crippen molar-refractivity contribution in [1.29, 1.82) is 0 Å². The molecule has 35 heavy (non-hydrogen) atoms. The number of aryl methyl sites for hydroxylation is 1. The zero-order valence-electron chi connectivity index (χ0n) is 20.4. The van der Waals surface area contributed by atoms with E-state index in [1.807, 2.05) is 62.9 Å². The molecule has 0 spiro atoms. The SMILES string of the molecule is Cc1cc(-c2ncc3c(N4CCN(C(=O)OC(C)(C)C)CC4)ncnc3c2F)c2ccccc2c1. The molecule has 1 aliphatic heterocycles. The highest BCUT2D eigenvalue weighted by molar-refractivity contribution is 5.99. The Morgan fingerprint density at radius 3 is 2.49 bits per heavy atom. The van der Waals surface area contributed by atoms with Crippen LogP contribution in [0.2, 0.25) is 0 Å². The van der Waals surface area contributed by atoms with E-state index < -0.39 is 11.4 Å². The quantitative estimate of drug-likeness (QED) is 0.391. The highest BCUT2D eigenvalue weighted by Gasteiger charge is 2.27. The summed E-state index contributed by atoms with van der Waals surface area (Å²) in [4.78, 5) is 29.4. The van der Waals surface area contributed by atoms with E-state index in [0.717, 1.165) is 21.9 Å². The maximum absolute atomic E-state index is 15.8. The second-order valence-corrected chi connectivity index (χ2v) is 9.87. The van der Waals surface area contributed by atoms with Crippen molar-refractivity contribution in [3.05, 3.63) is 60.3 Å². The van der Waals surface area contributed by atoms with Crippen LogP contribution in [0.3, 0.4) is 0 Å². The van der Waals surface area contributed by atoms with Gasteiger partial charge in [0.2, 0.25) is 0 Å². The molecule has 4 aromatic rings. The zero-order valence-corrected chi connectivity index (χ0v) is 20.4. The number of carbonyl (C=O) groups is 1. The largest absolute Gasteiger partial charge is 0.444 e. The zero-order chi connectivity index (χ0) is 24.7. The number of halogens is 1. The van der Waals surface area contributed by atoms with Gasteiger partial charge in [0.1, 0.15) is 29.0 Å². The fourth-order valence-corrected chi connectivity index (χ4v) is 4.50. The van der Waals surface area contributed by atoms with E-state index in [-0.39, 0.29) is 17.3 Å². The Balaban J connectivity index is 1.47. The predicted octanol–water partition coefficient (Wildman–Crippen LogP) is 5.35. The number of hydrogen-bond acceptors (Lipinski definition) is 6. The smallest absolute Gasteiger partial charge is 0.410 e. The van der Waals surface area contributed by atoms with E-state index in [9.17, 15) is 4.79 Å². The molecule has 0 saturated carbocycles. The van der Waals surface area contributed by atoms with Crippen LogP contribution in [-0.4, -0.2) is 57.7 Å². The van der Waals surface area contributed by atoms with Crippen molar-refractivity contribution in [2.24, 2.45) is 0 Å². The van der Waals surface area contributed by atoms with Gasteiger partial charge in [-0.1, -0.05) is 30.3 Å². The first-order valence-electron chi connectivity index (χ1n) is 11.7. The number of anilines is 1. The van der Waals surface area contributed by atoms with Crippen LogP contribution in [-0.2, 0) is 4.74 Å². The maximum atomic E-state index is 15.8. The van der Waals surface area contributed by atoms with Gasteiger partial charge in [0, 0.05) is 37.9 Å². The van der Waals surface area contributed by atoms with E-state index in [4.69, 9.17) is 4.74 Å². The van der Waals surface area contributed by atoms with E-state index in [0.29, 0.717) is 37.4 Å². The summed E-state index contributed by atoms with van der Waals surface area (Å²) in [7, 11) is 0. The first-order chi connectivity index (χ1) is 16.7. The van der Waals surface area contributed by atoms with Crippen molar-refractivity contribution in [2.75, 3.05) is 31.1 Å². The lowest BCUT2D eigenvalue weighted by molar-refractivity contribution is 0.0240. The van der Waals surface area contributed by atoms with Gasteiger partial charge in [-0.3, -0.25) is 4.98 Å². The third-order valence-corrected chi connectivity index (χ3v) is 6.09. The summed E-state index contributed by atoms with van der Waals surface area (Å²) in [5.74, 6) is 0.153. The third-order valence-electron chi connectivity index (χ3n) is 6.09. The lowest BCUT2D eigenvalue weighted by Gasteiger charge is -2.36. The third kappa shape index (κ3) is 4.48. The minimum absolute atomic E-state index is 0.236. The molecule has 0 aliphatic carbocycles. The van der Waals surface area contributed by atoms with Gasteiger partial charge in [0.05, 0.1) is 5.39 Å². The number of piperazine rings is 1. The maximum Gasteiger partial charge on any atom is 0.410 e. The lowest BCUT2D eigenvalue weighted by atomic mass is 9.98. The van der Waals surface area contributed by atoms with Crippen LogP contribution in [0, 0.1) is 12.7 Å². The first kappa shape index (κ1) is 23.0. The summed E-state index contributed by atoms with van der Waals surface area (Å²) >= 11 is 0. The molecule has 2 aromatic carbocycles. The second kappa shape index (κ2) is 8.76. The van der Waals surface area contributed by atoms with E-state index in [1.54, 1.807) is 11.1 Å². The van der Waals surface area contributed by atoms with Crippen molar-refractivity contribution in [2.45, 2.75) is 33.3 Å². The van der Waals surface area contributed by atoms with Gasteiger partial charge in [-0.2, -0.15) is 0 Å². The molecule has 8 heteroatoms. The molecule has 2 aromatic heterocycles. The summed E-state index contributed by atoms with van der Waals surface area (Å²) < 4.78 is 21.3. The van der Waals surface area contributed by atoms with Gasteiger partial charge in [0.25, 0.3) is 0 Å². The molecular formula is C27H28FN5O2. The summed E-state index contributed by atoms with van der Waals surface area (Å²) in [6.45, 7) is 9.63. The molecule has 0 bridgehead atoms. The summed E-state index contributed by atoms with van der Waals surface area (Å²) in [6.07, 6.45) is 2.71. The van der Waals surface area contributed by atoms with Crippen LogP contribution < -0.4 is 4.90 Å². The first-order valence-corrected chi connectivity index (χ1v) is 11.7. The van der Waals surface area contributed by atoms with Gasteiger partial charge in [-0.15, -0.1) is 0 Å². The summed E-state index contributed by atoms with van der Waals surface area (Å²) in [5, 5.41) is 2.53. The van der Waals surface area contributed by atoms with Crippen LogP contribution in [0.15, 0.2) is 48.9 Å². The standard InChI is InChI=1S/C27H28FN5O2/c1-17-13-18-7-5-6-8-19(18)20(14-17)23-22(28)24-21(15-29-23)25(31-16-30-24)32-9-11-33(12-10-32)26(34)35-27(2,3)4/h5-8,13-16H,9-12H2,1-4H3.